The van der Waals surface area contributed by atoms with Crippen molar-refractivity contribution in [2.45, 2.75) is 56.5 Å². The van der Waals surface area contributed by atoms with E-state index in [0.29, 0.717) is 5.75 Å². The van der Waals surface area contributed by atoms with E-state index in [2.05, 4.69) is 10.6 Å². The lowest BCUT2D eigenvalue weighted by Crippen LogP contribution is -2.60. The highest BCUT2D eigenvalue weighted by Crippen LogP contribution is 2.03. The van der Waals surface area contributed by atoms with Gasteiger partial charge in [-0.25, -0.2) is 4.79 Å². The molecule has 0 aliphatic carbocycles. The van der Waals surface area contributed by atoms with Crippen LogP contribution in [0.15, 0.2) is 0 Å². The van der Waals surface area contributed by atoms with E-state index in [1.807, 2.05) is 5.32 Å². The first-order valence-electron chi connectivity index (χ1n) is 9.36. The van der Waals surface area contributed by atoms with Gasteiger partial charge in [-0.1, -0.05) is 0 Å². The van der Waals surface area contributed by atoms with Crippen LogP contribution in [0.2, 0.25) is 0 Å². The third-order valence-corrected chi connectivity index (χ3v) is 4.71. The van der Waals surface area contributed by atoms with Crippen LogP contribution >= 0.6 is 11.8 Å². The van der Waals surface area contributed by atoms with E-state index in [1.165, 1.54) is 11.8 Å². The summed E-state index contributed by atoms with van der Waals surface area (Å²) in [5, 5.41) is 33.9. The summed E-state index contributed by atoms with van der Waals surface area (Å²) in [4.78, 5) is 70.4. The van der Waals surface area contributed by atoms with Gasteiger partial charge in [0.1, 0.15) is 18.1 Å². The number of aliphatic hydroxyl groups excluding tert-OH is 1. The third kappa shape index (κ3) is 10.9. The Morgan fingerprint density at radius 2 is 1.47 bits per heavy atom. The van der Waals surface area contributed by atoms with Gasteiger partial charge in [0.15, 0.2) is 0 Å². The lowest BCUT2D eigenvalue weighted by Gasteiger charge is -2.26. The number of carbonyl (C=O) groups is 6. The number of hydrogen-bond acceptors (Lipinski definition) is 9. The maximum atomic E-state index is 12.6. The number of aliphatic hydroxyl groups is 1. The van der Waals surface area contributed by atoms with Gasteiger partial charge in [-0.15, -0.1) is 0 Å². The van der Waals surface area contributed by atoms with Crippen molar-refractivity contribution in [3.63, 3.8) is 0 Å². The predicted octanol–water partition coefficient (Wildman–Crippen LogP) is -3.66. The second kappa shape index (κ2) is 14.2. The molecule has 0 aromatic carbocycles. The summed E-state index contributed by atoms with van der Waals surface area (Å²) in [6.07, 6.45) is -1.04. The highest BCUT2D eigenvalue weighted by atomic mass is 32.2. The molecule has 182 valence electrons. The molecule has 14 nitrogen and oxygen atoms in total. The van der Waals surface area contributed by atoms with Crippen molar-refractivity contribution in [1.82, 2.24) is 16.0 Å². The van der Waals surface area contributed by atoms with Crippen LogP contribution < -0.4 is 27.4 Å². The van der Waals surface area contributed by atoms with Crippen molar-refractivity contribution in [3.8, 4) is 0 Å². The molecule has 5 unspecified atom stereocenters. The lowest BCUT2D eigenvalue weighted by molar-refractivity contribution is -0.148. The minimum absolute atomic E-state index is 0.288. The maximum Gasteiger partial charge on any atom is 0.326 e. The molecule has 0 saturated heterocycles. The zero-order valence-corrected chi connectivity index (χ0v) is 18.4. The Kier molecular flexibility index (Phi) is 12.9. The van der Waals surface area contributed by atoms with Crippen LogP contribution in [-0.2, 0) is 28.8 Å². The van der Waals surface area contributed by atoms with Gasteiger partial charge in [-0.3, -0.25) is 24.0 Å². The number of hydrogen-bond donors (Lipinski definition) is 8. The summed E-state index contributed by atoms with van der Waals surface area (Å²) >= 11 is 1.44. The normalized spacial score (nSPS) is 15.4. The smallest absolute Gasteiger partial charge is 0.326 e. The van der Waals surface area contributed by atoms with Gasteiger partial charge < -0.3 is 42.7 Å². The number of amides is 4. The number of carbonyl (C=O) groups excluding carboxylic acids is 4. The Hall–Kier alpha value is -2.91. The first-order valence-corrected chi connectivity index (χ1v) is 10.8. The molecule has 0 bridgehead atoms. The molecule has 32 heavy (non-hydrogen) atoms. The van der Waals surface area contributed by atoms with Crippen LogP contribution in [0.4, 0.5) is 0 Å². The van der Waals surface area contributed by atoms with Crippen LogP contribution in [0.3, 0.4) is 0 Å². The Balaban J connectivity index is 5.41. The second-order valence-corrected chi connectivity index (χ2v) is 7.83. The molecule has 0 aromatic rings. The van der Waals surface area contributed by atoms with Gasteiger partial charge in [0.2, 0.25) is 23.6 Å². The van der Waals surface area contributed by atoms with Gasteiger partial charge in [0, 0.05) is 0 Å². The Morgan fingerprint density at radius 1 is 0.906 bits per heavy atom. The number of carboxylic acid groups (broad SMARTS) is 2. The third-order valence-electron chi connectivity index (χ3n) is 4.06. The average Bonchev–Trinajstić information content (AvgIpc) is 2.67. The molecule has 0 aliphatic heterocycles. The van der Waals surface area contributed by atoms with Crippen LogP contribution in [0.5, 0.6) is 0 Å². The van der Waals surface area contributed by atoms with Crippen molar-refractivity contribution >= 4 is 47.3 Å². The topological polar surface area (TPSA) is 251 Å². The maximum absolute atomic E-state index is 12.6. The summed E-state index contributed by atoms with van der Waals surface area (Å²) in [7, 11) is 0. The van der Waals surface area contributed by atoms with Gasteiger partial charge >= 0.3 is 11.9 Å². The van der Waals surface area contributed by atoms with E-state index in [4.69, 9.17) is 21.7 Å². The molecule has 15 heteroatoms. The first-order chi connectivity index (χ1) is 14.8. The average molecular weight is 480 g/mol. The summed E-state index contributed by atoms with van der Waals surface area (Å²) in [5.74, 6) is -6.54. The highest BCUT2D eigenvalue weighted by molar-refractivity contribution is 7.98. The van der Waals surface area contributed by atoms with E-state index in [-0.39, 0.29) is 6.42 Å². The van der Waals surface area contributed by atoms with E-state index >= 15 is 0 Å². The SMILES string of the molecule is CSCCC(N)C(=O)NC(CC(N)=O)C(=O)NC(C(=O)NC(CC(=O)O)C(=O)O)C(C)O. The van der Waals surface area contributed by atoms with Crippen molar-refractivity contribution in [3.05, 3.63) is 0 Å². The van der Waals surface area contributed by atoms with Gasteiger partial charge in [-0.05, 0) is 25.4 Å². The molecule has 0 rings (SSSR count). The molecule has 0 aromatic heterocycles. The van der Waals surface area contributed by atoms with Gasteiger partial charge in [0.05, 0.1) is 25.0 Å². The van der Waals surface area contributed by atoms with Crippen molar-refractivity contribution in [1.29, 1.82) is 0 Å². The molecule has 0 spiro atoms. The highest BCUT2D eigenvalue weighted by Gasteiger charge is 2.33. The summed E-state index contributed by atoms with van der Waals surface area (Å²) < 4.78 is 0. The Labute approximate surface area is 187 Å². The lowest BCUT2D eigenvalue weighted by atomic mass is 10.1. The molecule has 0 fully saturated rings. The number of nitrogens with one attached hydrogen (secondary N) is 3. The van der Waals surface area contributed by atoms with Crippen LogP contribution in [0.25, 0.3) is 0 Å². The largest absolute Gasteiger partial charge is 0.481 e. The predicted molar refractivity (Wildman–Crippen MR) is 112 cm³/mol. The van der Waals surface area contributed by atoms with Gasteiger partial charge in [-0.2, -0.15) is 11.8 Å². The summed E-state index contributed by atoms with van der Waals surface area (Å²) in [5.41, 5.74) is 10.8. The monoisotopic (exact) mass is 479 g/mol. The second-order valence-electron chi connectivity index (χ2n) is 6.84. The first kappa shape index (κ1) is 29.1. The van der Waals surface area contributed by atoms with E-state index < -0.39 is 78.7 Å². The molecule has 0 saturated carbocycles. The fraction of sp³-hybridized carbons (Fsp3) is 0.647. The molecular weight excluding hydrogens is 450 g/mol. The summed E-state index contributed by atoms with van der Waals surface area (Å²) in [6, 6.07) is -6.05. The fourth-order valence-corrected chi connectivity index (χ4v) is 2.85. The molecule has 0 heterocycles. The number of primary amides is 1. The molecule has 0 radical (unpaired) electrons. The Bertz CT molecular complexity index is 719. The van der Waals surface area contributed by atoms with E-state index in [1.54, 1.807) is 6.26 Å². The number of rotatable bonds is 15. The quantitative estimate of drug-likeness (QED) is 0.114. The number of nitrogens with two attached hydrogens (primary N) is 2. The van der Waals surface area contributed by atoms with Crippen LogP contribution in [0, 0.1) is 0 Å². The van der Waals surface area contributed by atoms with Gasteiger partial charge in [0.25, 0.3) is 0 Å². The van der Waals surface area contributed by atoms with Crippen molar-refractivity contribution in [2.75, 3.05) is 12.0 Å². The summed E-state index contributed by atoms with van der Waals surface area (Å²) in [6.45, 7) is 1.11. The Morgan fingerprint density at radius 3 is 1.91 bits per heavy atom. The van der Waals surface area contributed by atoms with Crippen LogP contribution in [-0.4, -0.2) is 93.2 Å². The minimum Gasteiger partial charge on any atom is -0.481 e. The number of thioether (sulfide) groups is 1. The molecule has 10 N–H and O–H groups in total. The van der Waals surface area contributed by atoms with E-state index in [0.717, 1.165) is 6.92 Å². The molecule has 0 aliphatic rings. The van der Waals surface area contributed by atoms with Crippen molar-refractivity contribution in [2.24, 2.45) is 11.5 Å². The van der Waals surface area contributed by atoms with Crippen molar-refractivity contribution < 1.29 is 44.1 Å². The standard InChI is InChI=1S/C17H29N5O9S/c1-7(23)13(16(29)21-10(17(30)31)6-12(25)26)22-15(28)9(5-11(19)24)20-14(27)8(18)3-4-32-2/h7-10,13,23H,3-6,18H2,1-2H3,(H2,19,24)(H,20,27)(H,21,29)(H,22,28)(H,25,26)(H,30,31). The van der Waals surface area contributed by atoms with E-state index in [9.17, 15) is 33.9 Å². The number of aliphatic carboxylic acids is 2. The fourth-order valence-electron chi connectivity index (χ4n) is 2.36. The zero-order chi connectivity index (χ0) is 25.0. The molecule has 4 amide bonds. The number of carboxylic acids is 2. The molecular formula is C17H29N5O9S. The molecule has 5 atom stereocenters. The van der Waals surface area contributed by atoms with Crippen LogP contribution in [0.1, 0.15) is 26.2 Å². The minimum atomic E-state index is -1.83. The zero-order valence-electron chi connectivity index (χ0n) is 17.6.